The summed E-state index contributed by atoms with van der Waals surface area (Å²) in [5.74, 6) is -0.565. The van der Waals surface area contributed by atoms with Crippen LogP contribution in [0.1, 0.15) is 17.2 Å². The largest absolute Gasteiger partial charge is 0.506 e. The van der Waals surface area contributed by atoms with E-state index in [1.54, 1.807) is 54.6 Å². The number of hydrogen-bond donors (Lipinski definition) is 4. The van der Waals surface area contributed by atoms with E-state index in [2.05, 4.69) is 37.2 Å². The maximum absolute atomic E-state index is 12.9. The molecule has 0 fully saturated rings. The Bertz CT molecular complexity index is 1200. The summed E-state index contributed by atoms with van der Waals surface area (Å²) in [5.41, 5.74) is 3.24. The van der Waals surface area contributed by atoms with Crippen LogP contribution in [0.5, 0.6) is 11.5 Å². The lowest BCUT2D eigenvalue weighted by Gasteiger charge is -2.27. The van der Waals surface area contributed by atoms with Crippen LogP contribution in [0.4, 0.5) is 10.5 Å². The topological polar surface area (TPSA) is 117 Å². The number of halogens is 2. The molecule has 0 bridgehead atoms. The minimum Gasteiger partial charge on any atom is -0.506 e. The van der Waals surface area contributed by atoms with Crippen molar-refractivity contribution in [2.45, 2.75) is 19.1 Å². The number of carbonyl (C=O) groups is 2. The third-order valence-electron chi connectivity index (χ3n) is 4.76. The maximum atomic E-state index is 12.9. The number of benzene rings is 3. The van der Waals surface area contributed by atoms with Gasteiger partial charge in [0, 0.05) is 21.8 Å². The molecule has 10 heteroatoms. The second-order valence-electron chi connectivity index (χ2n) is 7.37. The highest BCUT2D eigenvalue weighted by molar-refractivity contribution is 9.11. The molecule has 0 aromatic heterocycles. The number of anilines is 1. The van der Waals surface area contributed by atoms with Crippen molar-refractivity contribution in [1.29, 1.82) is 0 Å². The van der Waals surface area contributed by atoms with Gasteiger partial charge in [-0.05, 0) is 65.3 Å². The van der Waals surface area contributed by atoms with Gasteiger partial charge < -0.3 is 14.6 Å². The Labute approximate surface area is 218 Å². The summed E-state index contributed by atoms with van der Waals surface area (Å²) >= 11 is 6.67. The fourth-order valence-electron chi connectivity index (χ4n) is 3.09. The normalized spacial score (nSPS) is 12.6. The lowest BCUT2D eigenvalue weighted by Crippen LogP contribution is -2.30. The summed E-state index contributed by atoms with van der Waals surface area (Å²) in [5, 5.41) is 22.3. The van der Waals surface area contributed by atoms with Crippen molar-refractivity contribution in [3.63, 3.8) is 0 Å². The van der Waals surface area contributed by atoms with Gasteiger partial charge in [-0.2, -0.15) is 0 Å². The fourth-order valence-corrected chi connectivity index (χ4v) is 4.35. The van der Waals surface area contributed by atoms with E-state index >= 15 is 0 Å². The van der Waals surface area contributed by atoms with Crippen LogP contribution < -0.4 is 15.5 Å². The van der Waals surface area contributed by atoms with Crippen LogP contribution in [0.3, 0.4) is 0 Å². The van der Waals surface area contributed by atoms with Gasteiger partial charge in [0.05, 0.1) is 4.47 Å². The standard InChI is InChI=1S/C25H22Br2N2O6/c1-15-7-9-17(10-8-15)28-25(32)35-24(19-13-16(26)14-20(27)23(19)31)21(11-12-22(30)29-33)34-18-5-3-2-4-6-18/h2-14,21,24,31,33H,1H3,(H,28,32)(H,29,30)/b12-11+/t21-,24-/m0/s1. The summed E-state index contributed by atoms with van der Waals surface area (Å²) in [6.45, 7) is 1.92. The molecule has 0 aliphatic heterocycles. The van der Waals surface area contributed by atoms with E-state index in [4.69, 9.17) is 14.7 Å². The van der Waals surface area contributed by atoms with Gasteiger partial charge in [-0.3, -0.25) is 15.3 Å². The Morgan fingerprint density at radius 1 is 1.03 bits per heavy atom. The second kappa shape index (κ2) is 12.4. The number of rotatable bonds is 8. The molecule has 35 heavy (non-hydrogen) atoms. The summed E-state index contributed by atoms with van der Waals surface area (Å²) in [4.78, 5) is 24.6. The number of phenols is 1. The van der Waals surface area contributed by atoms with Gasteiger partial charge in [-0.15, -0.1) is 0 Å². The molecule has 0 radical (unpaired) electrons. The molecule has 0 aliphatic rings. The molecular weight excluding hydrogens is 584 g/mol. The molecule has 0 heterocycles. The summed E-state index contributed by atoms with van der Waals surface area (Å²) in [6, 6.07) is 19.0. The number of aromatic hydroxyl groups is 1. The first-order chi connectivity index (χ1) is 16.8. The highest BCUT2D eigenvalue weighted by Gasteiger charge is 2.31. The molecule has 0 unspecified atom stereocenters. The molecule has 182 valence electrons. The van der Waals surface area contributed by atoms with Crippen molar-refractivity contribution in [2.75, 3.05) is 5.32 Å². The van der Waals surface area contributed by atoms with Crippen LogP contribution in [0.15, 0.2) is 87.8 Å². The smallest absolute Gasteiger partial charge is 0.412 e. The lowest BCUT2D eigenvalue weighted by molar-refractivity contribution is -0.124. The minimum absolute atomic E-state index is 0.178. The number of aryl methyl sites for hydroxylation is 1. The molecule has 0 aliphatic carbocycles. The van der Waals surface area contributed by atoms with Crippen molar-refractivity contribution in [3.05, 3.63) is 99.0 Å². The Morgan fingerprint density at radius 3 is 2.37 bits per heavy atom. The Balaban J connectivity index is 2.02. The molecule has 2 atom stereocenters. The zero-order valence-electron chi connectivity index (χ0n) is 18.4. The van der Waals surface area contributed by atoms with Crippen molar-refractivity contribution in [2.24, 2.45) is 0 Å². The number of hydroxylamine groups is 1. The van der Waals surface area contributed by atoms with Gasteiger partial charge in [-0.1, -0.05) is 51.8 Å². The number of carbonyl (C=O) groups excluding carboxylic acids is 2. The van der Waals surface area contributed by atoms with Crippen molar-refractivity contribution in [1.82, 2.24) is 5.48 Å². The van der Waals surface area contributed by atoms with E-state index in [9.17, 15) is 14.7 Å². The molecular formula is C25H22Br2N2O6. The van der Waals surface area contributed by atoms with Gasteiger partial charge in [0.1, 0.15) is 11.5 Å². The summed E-state index contributed by atoms with van der Waals surface area (Å²) < 4.78 is 12.7. The number of nitrogens with one attached hydrogen (secondary N) is 2. The number of amides is 2. The van der Waals surface area contributed by atoms with E-state index in [0.717, 1.165) is 11.6 Å². The number of ether oxygens (including phenoxy) is 2. The van der Waals surface area contributed by atoms with E-state index < -0.39 is 24.2 Å². The molecule has 3 rings (SSSR count). The molecule has 3 aromatic rings. The minimum atomic E-state index is -1.21. The van der Waals surface area contributed by atoms with Gasteiger partial charge in [0.25, 0.3) is 5.91 Å². The average molecular weight is 606 g/mol. The summed E-state index contributed by atoms with van der Waals surface area (Å²) in [6.07, 6.45) is -0.749. The quantitative estimate of drug-likeness (QED) is 0.142. The monoisotopic (exact) mass is 604 g/mol. The van der Waals surface area contributed by atoms with E-state index in [1.807, 2.05) is 19.1 Å². The van der Waals surface area contributed by atoms with Crippen LogP contribution in [0, 0.1) is 6.92 Å². The first kappa shape index (κ1) is 26.3. The third-order valence-corrected chi connectivity index (χ3v) is 5.82. The molecule has 0 saturated carbocycles. The van der Waals surface area contributed by atoms with Gasteiger partial charge in [-0.25, -0.2) is 10.3 Å². The average Bonchev–Trinajstić information content (AvgIpc) is 2.84. The molecule has 0 saturated heterocycles. The molecule has 8 nitrogen and oxygen atoms in total. The fraction of sp³-hybridized carbons (Fsp3) is 0.120. The van der Waals surface area contributed by atoms with Gasteiger partial charge >= 0.3 is 6.09 Å². The summed E-state index contributed by atoms with van der Waals surface area (Å²) in [7, 11) is 0. The van der Waals surface area contributed by atoms with E-state index in [-0.39, 0.29) is 11.3 Å². The van der Waals surface area contributed by atoms with Crippen LogP contribution >= 0.6 is 31.9 Å². The highest BCUT2D eigenvalue weighted by Crippen LogP contribution is 2.39. The SMILES string of the molecule is Cc1ccc(NC(=O)O[C@@H](c2cc(Br)cc(Br)c2O)[C@H](/C=C/C(=O)NO)Oc2ccccc2)cc1. The van der Waals surface area contributed by atoms with Crippen LogP contribution in [-0.4, -0.2) is 28.4 Å². The van der Waals surface area contributed by atoms with Crippen molar-refractivity contribution in [3.8, 4) is 11.5 Å². The van der Waals surface area contributed by atoms with Crippen LogP contribution in [0.2, 0.25) is 0 Å². The molecule has 2 amide bonds. The molecule has 3 aromatic carbocycles. The Kier molecular flexibility index (Phi) is 9.30. The zero-order valence-corrected chi connectivity index (χ0v) is 21.6. The van der Waals surface area contributed by atoms with Crippen molar-refractivity contribution >= 4 is 49.5 Å². The second-order valence-corrected chi connectivity index (χ2v) is 9.14. The maximum Gasteiger partial charge on any atom is 0.412 e. The van der Waals surface area contributed by atoms with Crippen molar-refractivity contribution < 1.29 is 29.4 Å². The van der Waals surface area contributed by atoms with Gasteiger partial charge in [0.2, 0.25) is 0 Å². The number of phenolic OH excluding ortho intramolecular Hbond substituents is 1. The number of hydrogen-bond acceptors (Lipinski definition) is 6. The lowest BCUT2D eigenvalue weighted by atomic mass is 10.0. The van der Waals surface area contributed by atoms with E-state index in [0.29, 0.717) is 20.4 Å². The predicted molar refractivity (Wildman–Crippen MR) is 137 cm³/mol. The van der Waals surface area contributed by atoms with Crippen LogP contribution in [-0.2, 0) is 9.53 Å². The van der Waals surface area contributed by atoms with Gasteiger partial charge in [0.15, 0.2) is 12.2 Å². The molecule has 0 spiro atoms. The first-order valence-electron chi connectivity index (χ1n) is 10.3. The molecule has 4 N–H and O–H groups in total. The number of para-hydroxylation sites is 1. The Hall–Kier alpha value is -3.34. The highest BCUT2D eigenvalue weighted by atomic mass is 79.9. The van der Waals surface area contributed by atoms with Crippen LogP contribution in [0.25, 0.3) is 0 Å². The Morgan fingerprint density at radius 2 is 1.71 bits per heavy atom. The third kappa shape index (κ3) is 7.57. The zero-order chi connectivity index (χ0) is 25.4. The van der Waals surface area contributed by atoms with E-state index in [1.165, 1.54) is 11.6 Å². The first-order valence-corrected chi connectivity index (χ1v) is 11.9. The predicted octanol–water partition coefficient (Wildman–Crippen LogP) is 6.02.